The van der Waals surface area contributed by atoms with Crippen LogP contribution >= 0.6 is 0 Å². The molecular weight excluding hydrogens is 310 g/mol. The molecule has 1 aliphatic rings. The van der Waals surface area contributed by atoms with Crippen molar-refractivity contribution < 1.29 is 38.1 Å². The normalized spacial score (nSPS) is 26.8. The van der Waals surface area contributed by atoms with E-state index in [1.54, 1.807) is 0 Å². The first kappa shape index (κ1) is 18.9. The fourth-order valence-corrected chi connectivity index (χ4v) is 2.11. The monoisotopic (exact) mass is 330 g/mol. The van der Waals surface area contributed by atoms with E-state index in [-0.39, 0.29) is 12.5 Å². The first-order chi connectivity index (χ1) is 10.7. The lowest BCUT2D eigenvalue weighted by molar-refractivity contribution is -0.197. The third-order valence-electron chi connectivity index (χ3n) is 2.87. The number of hydrogen-bond acceptors (Lipinski definition) is 8. The molecule has 0 aromatic carbocycles. The van der Waals surface area contributed by atoms with E-state index in [4.69, 9.17) is 18.9 Å². The van der Waals surface area contributed by atoms with Crippen molar-refractivity contribution in [1.29, 1.82) is 0 Å². The molecule has 0 saturated carbocycles. The second-order valence-electron chi connectivity index (χ2n) is 4.99. The summed E-state index contributed by atoms with van der Waals surface area (Å²) in [5, 5.41) is 2.53. The van der Waals surface area contributed by atoms with Crippen LogP contribution in [0.25, 0.3) is 0 Å². The molecule has 1 heterocycles. The van der Waals surface area contributed by atoms with Gasteiger partial charge in [0.25, 0.3) is 0 Å². The lowest BCUT2D eigenvalue weighted by Crippen LogP contribution is -2.60. The molecule has 1 saturated heterocycles. The van der Waals surface area contributed by atoms with Crippen molar-refractivity contribution in [2.45, 2.75) is 52.0 Å². The van der Waals surface area contributed by atoms with Crippen molar-refractivity contribution in [3.8, 4) is 0 Å². The molecule has 1 N–H and O–H groups in total. The van der Waals surface area contributed by atoms with Crippen LogP contribution in [-0.4, -0.2) is 54.8 Å². The minimum atomic E-state index is -1.04. The summed E-state index contributed by atoms with van der Waals surface area (Å²) in [6.07, 6.45) is -2.91. The summed E-state index contributed by atoms with van der Waals surface area (Å²) >= 11 is 0. The number of nitrogens with one attached hydrogen (secondary N) is 1. The van der Waals surface area contributed by atoms with E-state index in [1.165, 1.54) is 34.3 Å². The number of amides is 1. The second kappa shape index (κ2) is 8.47. The Labute approximate surface area is 133 Å². The highest BCUT2D eigenvalue weighted by atomic mass is 16.6. The van der Waals surface area contributed by atoms with Gasteiger partial charge in [0.15, 0.2) is 12.2 Å². The standard InChI is InChI=1S/C14H20NO8/c1-7(16)15-11-5-21-12(6-20-8(2)17)14(23-10(4)19)13(11)22-9(3)18/h5,11-14H,6H2,1-4H3,(H,15,16)/t11-,12+,13+,14+/m0/s1. The van der Waals surface area contributed by atoms with E-state index < -0.39 is 42.3 Å². The summed E-state index contributed by atoms with van der Waals surface area (Å²) in [4.78, 5) is 44.9. The molecule has 1 fully saturated rings. The van der Waals surface area contributed by atoms with E-state index in [0.29, 0.717) is 0 Å². The van der Waals surface area contributed by atoms with Crippen molar-refractivity contribution in [3.63, 3.8) is 0 Å². The summed E-state index contributed by atoms with van der Waals surface area (Å²) in [5.74, 6) is -2.17. The van der Waals surface area contributed by atoms with E-state index in [0.717, 1.165) is 0 Å². The average molecular weight is 330 g/mol. The third-order valence-corrected chi connectivity index (χ3v) is 2.87. The van der Waals surface area contributed by atoms with Gasteiger partial charge in [-0.1, -0.05) is 0 Å². The van der Waals surface area contributed by atoms with Crippen LogP contribution in [0, 0.1) is 6.61 Å². The van der Waals surface area contributed by atoms with Gasteiger partial charge in [-0.3, -0.25) is 19.2 Å². The van der Waals surface area contributed by atoms with E-state index in [9.17, 15) is 19.2 Å². The van der Waals surface area contributed by atoms with E-state index in [1.807, 2.05) is 0 Å². The van der Waals surface area contributed by atoms with Crippen LogP contribution in [0.4, 0.5) is 0 Å². The fourth-order valence-electron chi connectivity index (χ4n) is 2.11. The molecule has 0 aromatic heterocycles. The molecule has 9 heteroatoms. The zero-order valence-electron chi connectivity index (χ0n) is 13.4. The van der Waals surface area contributed by atoms with Gasteiger partial charge in [-0.05, 0) is 0 Å². The number of carbonyl (C=O) groups is 4. The molecule has 4 atom stereocenters. The van der Waals surface area contributed by atoms with Crippen LogP contribution in [0.3, 0.4) is 0 Å². The zero-order chi connectivity index (χ0) is 17.6. The van der Waals surface area contributed by atoms with E-state index in [2.05, 4.69) is 5.32 Å². The molecule has 0 aliphatic carbocycles. The number of carbonyl (C=O) groups excluding carboxylic acids is 4. The Morgan fingerprint density at radius 1 is 0.957 bits per heavy atom. The molecular formula is C14H20NO8. The largest absolute Gasteiger partial charge is 0.463 e. The molecule has 9 nitrogen and oxygen atoms in total. The fraction of sp³-hybridized carbons (Fsp3) is 0.643. The van der Waals surface area contributed by atoms with Gasteiger partial charge < -0.3 is 24.3 Å². The summed E-state index contributed by atoms with van der Waals surface area (Å²) in [6, 6.07) is -0.811. The maximum absolute atomic E-state index is 11.3. The highest BCUT2D eigenvalue weighted by molar-refractivity contribution is 5.74. The Hall–Kier alpha value is -2.16. The van der Waals surface area contributed by atoms with E-state index >= 15 is 0 Å². The topological polar surface area (TPSA) is 117 Å². The van der Waals surface area contributed by atoms with Crippen LogP contribution in [-0.2, 0) is 38.1 Å². The highest BCUT2D eigenvalue weighted by Gasteiger charge is 2.46. The number of hydrogen-bond donors (Lipinski definition) is 1. The van der Waals surface area contributed by atoms with Gasteiger partial charge in [0.05, 0.1) is 6.04 Å². The van der Waals surface area contributed by atoms with Crippen LogP contribution in [0.1, 0.15) is 27.7 Å². The van der Waals surface area contributed by atoms with Crippen molar-refractivity contribution in [2.75, 3.05) is 6.61 Å². The summed E-state index contributed by atoms with van der Waals surface area (Å²) < 4.78 is 20.6. The van der Waals surface area contributed by atoms with Gasteiger partial charge in [0.1, 0.15) is 19.3 Å². The highest BCUT2D eigenvalue weighted by Crippen LogP contribution is 2.25. The maximum Gasteiger partial charge on any atom is 0.303 e. The lowest BCUT2D eigenvalue weighted by atomic mass is 9.97. The van der Waals surface area contributed by atoms with Gasteiger partial charge in [-0.15, -0.1) is 0 Å². The smallest absolute Gasteiger partial charge is 0.303 e. The Kier molecular flexibility index (Phi) is 6.95. The number of rotatable bonds is 5. The molecule has 1 radical (unpaired) electrons. The summed E-state index contributed by atoms with van der Waals surface area (Å²) in [5.41, 5.74) is 0. The Balaban J connectivity index is 2.98. The molecule has 1 aliphatic heterocycles. The number of esters is 3. The van der Waals surface area contributed by atoms with Crippen LogP contribution in [0.15, 0.2) is 0 Å². The zero-order valence-corrected chi connectivity index (χ0v) is 13.4. The van der Waals surface area contributed by atoms with Crippen molar-refractivity contribution in [1.82, 2.24) is 5.32 Å². The van der Waals surface area contributed by atoms with Gasteiger partial charge in [0, 0.05) is 27.7 Å². The molecule has 1 amide bonds. The number of ether oxygens (including phenoxy) is 4. The molecule has 23 heavy (non-hydrogen) atoms. The second-order valence-corrected chi connectivity index (χ2v) is 4.99. The first-order valence-electron chi connectivity index (χ1n) is 6.94. The first-order valence-corrected chi connectivity index (χ1v) is 6.94. The predicted molar refractivity (Wildman–Crippen MR) is 74.5 cm³/mol. The summed E-state index contributed by atoms with van der Waals surface area (Å²) in [7, 11) is 0. The summed E-state index contributed by atoms with van der Waals surface area (Å²) in [6.45, 7) is 5.92. The molecule has 0 spiro atoms. The quantitative estimate of drug-likeness (QED) is 0.528. The lowest BCUT2D eigenvalue weighted by Gasteiger charge is -2.40. The minimum absolute atomic E-state index is 0.200. The van der Waals surface area contributed by atoms with Crippen LogP contribution < -0.4 is 5.32 Å². The van der Waals surface area contributed by atoms with Crippen molar-refractivity contribution in [2.24, 2.45) is 0 Å². The van der Waals surface area contributed by atoms with Gasteiger partial charge in [-0.25, -0.2) is 0 Å². The van der Waals surface area contributed by atoms with Gasteiger partial charge in [0.2, 0.25) is 5.91 Å². The molecule has 0 aromatic rings. The third kappa shape index (κ3) is 6.23. The SMILES string of the molecule is CC(=O)N[C@H]1[CH]O[C@H](COC(C)=O)[C@@H](OC(C)=O)[C@@H]1OC(C)=O. The molecule has 0 bridgehead atoms. The van der Waals surface area contributed by atoms with Crippen molar-refractivity contribution >= 4 is 23.8 Å². The Bertz CT molecular complexity index is 477. The van der Waals surface area contributed by atoms with Gasteiger partial charge in [-0.2, -0.15) is 0 Å². The van der Waals surface area contributed by atoms with Crippen LogP contribution in [0.5, 0.6) is 0 Å². The van der Waals surface area contributed by atoms with Gasteiger partial charge >= 0.3 is 17.9 Å². The molecule has 0 unspecified atom stereocenters. The maximum atomic E-state index is 11.3. The molecule has 1 rings (SSSR count). The van der Waals surface area contributed by atoms with Crippen molar-refractivity contribution in [3.05, 3.63) is 6.61 Å². The Morgan fingerprint density at radius 2 is 1.52 bits per heavy atom. The predicted octanol–water partition coefficient (Wildman–Crippen LogP) is -0.522. The Morgan fingerprint density at radius 3 is 2.00 bits per heavy atom. The van der Waals surface area contributed by atoms with Crippen LogP contribution in [0.2, 0.25) is 0 Å². The average Bonchev–Trinajstić information content (AvgIpc) is 2.39. The minimum Gasteiger partial charge on any atom is -0.463 e. The molecule has 129 valence electrons.